The van der Waals surface area contributed by atoms with Crippen LogP contribution in [-0.4, -0.2) is 114 Å². The Balaban J connectivity index is 1.45. The summed E-state index contributed by atoms with van der Waals surface area (Å²) in [5.41, 5.74) is 4.00. The smallest absolute Gasteiger partial charge is 0.314 e. The quantitative estimate of drug-likeness (QED) is 0.0339. The number of nitrogens with one attached hydrogen (secondary N) is 2. The minimum absolute atomic E-state index is 0.0172. The number of rotatable bonds is 26. The summed E-state index contributed by atoms with van der Waals surface area (Å²) in [4.78, 5) is 108. The van der Waals surface area contributed by atoms with Gasteiger partial charge in [-0.3, -0.25) is 32.9 Å². The van der Waals surface area contributed by atoms with Crippen molar-refractivity contribution < 1.29 is 90.4 Å². The number of aromatic nitrogens is 4. The summed E-state index contributed by atoms with van der Waals surface area (Å²) >= 11 is 0.779. The van der Waals surface area contributed by atoms with E-state index in [-0.39, 0.29) is 48.7 Å². The number of carboxylic acids is 1. The summed E-state index contributed by atoms with van der Waals surface area (Å²) in [6.45, 7) is 3.81. The Morgan fingerprint density at radius 1 is 1.05 bits per heavy atom. The van der Waals surface area contributed by atoms with Crippen molar-refractivity contribution in [1.29, 1.82) is 0 Å². The maximum absolute atomic E-state index is 12.6. The molecule has 1 aliphatic rings. The van der Waals surface area contributed by atoms with Crippen molar-refractivity contribution in [2.75, 3.05) is 37.8 Å². The van der Waals surface area contributed by atoms with Gasteiger partial charge in [0.2, 0.25) is 16.9 Å². The van der Waals surface area contributed by atoms with E-state index < -0.39 is 102 Å². The van der Waals surface area contributed by atoms with Crippen LogP contribution < -0.4 is 35.9 Å². The van der Waals surface area contributed by atoms with Crippen molar-refractivity contribution >= 4 is 75.1 Å². The Kier molecular flexibility index (Phi) is 19.4. The number of imidazole rings is 1. The summed E-state index contributed by atoms with van der Waals surface area (Å²) in [6, 6.07) is 0. The normalized spacial score (nSPS) is 21.9. The fraction of sp³-hybridized carbons (Fsp3) is 0.710. The minimum atomic E-state index is -5.94. The second kappa shape index (κ2) is 22.6. The standard InChI is InChI=1S/C31H52N7O19P3S/c1-5-17(2)7-6-8-18(29(43)44)30(45)61-12-11-33-20(39)9-10-34-27(42)24(41)31(3,4)14-54-60(51,52)57-59(49,50)53-13-19-23(56-58(46,47)48)22(40)28(55-19)38-16-37-21-25(32)35-15-36-26(21)38/h15-19,22-24,28,40-41H,5-14H2,1-4H3,(H,33,39)(H,34,42)(H,43,44)(H,49,50)(H,51,52)(H2,32,35,36)(H2,46,47,48)/p-4. The molecule has 30 heteroatoms. The number of phosphoric acid groups is 3. The van der Waals surface area contributed by atoms with Crippen LogP contribution in [0.4, 0.5) is 5.82 Å². The van der Waals surface area contributed by atoms with E-state index in [1.165, 1.54) is 13.8 Å². The van der Waals surface area contributed by atoms with Gasteiger partial charge in [-0.15, -0.1) is 0 Å². The number of phosphoric ester groups is 3. The van der Waals surface area contributed by atoms with Crippen LogP contribution in [0.5, 0.6) is 0 Å². The largest absolute Gasteiger partial charge is 0.790 e. The van der Waals surface area contributed by atoms with Crippen LogP contribution in [-0.2, 0) is 55.5 Å². The van der Waals surface area contributed by atoms with Crippen LogP contribution in [0.3, 0.4) is 0 Å². The number of nitrogens with zero attached hydrogens (tertiary/aromatic N) is 4. The van der Waals surface area contributed by atoms with E-state index in [0.29, 0.717) is 12.3 Å². The number of ether oxygens (including phenoxy) is 1. The van der Waals surface area contributed by atoms with Crippen LogP contribution >= 0.6 is 35.2 Å². The van der Waals surface area contributed by atoms with Crippen LogP contribution in [0.2, 0.25) is 0 Å². The Bertz CT molecular complexity index is 1990. The predicted octanol–water partition coefficient (Wildman–Crippen LogP) is -1.95. The Morgan fingerprint density at radius 2 is 1.72 bits per heavy atom. The number of aliphatic hydroxyl groups is 2. The molecule has 26 nitrogen and oxygen atoms in total. The van der Waals surface area contributed by atoms with Crippen molar-refractivity contribution in [2.45, 2.75) is 90.4 Å². The van der Waals surface area contributed by atoms with Crippen LogP contribution in [0, 0.1) is 17.3 Å². The molecule has 346 valence electrons. The summed E-state index contributed by atoms with van der Waals surface area (Å²) in [6.07, 6.45) is -5.26. The fourth-order valence-corrected chi connectivity index (χ4v) is 9.14. The van der Waals surface area contributed by atoms with Gasteiger partial charge in [-0.25, -0.2) is 19.3 Å². The number of aliphatic carboxylic acids is 1. The van der Waals surface area contributed by atoms with Gasteiger partial charge in [0.25, 0.3) is 15.6 Å². The van der Waals surface area contributed by atoms with Gasteiger partial charge in [0.15, 0.2) is 17.7 Å². The lowest BCUT2D eigenvalue weighted by molar-refractivity contribution is -0.347. The van der Waals surface area contributed by atoms with E-state index >= 15 is 0 Å². The highest BCUT2D eigenvalue weighted by Gasteiger charge is 2.47. The number of fused-ring (bicyclic) bond motifs is 1. The number of hydrogen-bond acceptors (Lipinski definition) is 23. The zero-order valence-electron chi connectivity index (χ0n) is 33.3. The Hall–Kier alpha value is -2.97. The van der Waals surface area contributed by atoms with Gasteiger partial charge < -0.3 is 74.1 Å². The van der Waals surface area contributed by atoms with E-state index in [1.54, 1.807) is 0 Å². The lowest BCUT2D eigenvalue weighted by atomic mass is 9.87. The van der Waals surface area contributed by atoms with Gasteiger partial charge in [0.1, 0.15) is 42.2 Å². The average molecular weight is 948 g/mol. The number of thioether (sulfide) groups is 1. The summed E-state index contributed by atoms with van der Waals surface area (Å²) in [5.74, 6) is -3.57. The van der Waals surface area contributed by atoms with Crippen molar-refractivity contribution in [2.24, 2.45) is 17.3 Å². The third kappa shape index (κ3) is 16.3. The molecule has 0 radical (unpaired) electrons. The lowest BCUT2D eigenvalue weighted by Gasteiger charge is -2.36. The summed E-state index contributed by atoms with van der Waals surface area (Å²) < 4.78 is 60.6. The van der Waals surface area contributed by atoms with Gasteiger partial charge in [-0.05, 0) is 12.3 Å². The van der Waals surface area contributed by atoms with E-state index in [9.17, 15) is 67.8 Å². The van der Waals surface area contributed by atoms with Gasteiger partial charge in [0, 0.05) is 30.7 Å². The molecule has 1 aliphatic heterocycles. The first kappa shape index (κ1) is 52.4. The number of anilines is 1. The molecule has 0 spiro atoms. The predicted molar refractivity (Wildman–Crippen MR) is 203 cm³/mol. The zero-order valence-corrected chi connectivity index (χ0v) is 36.8. The molecule has 1 fully saturated rings. The SMILES string of the molecule is CCC(C)CCCC(C(=O)O)C(=O)SCCNC(=O)CCNC(=O)C(O)C(C)(C)COP(=O)([O-])OP(=O)([O-])OCC1OC(n2cnc3c(N)ncnc32)C(O)C1OP(=O)([O-])[O-]. The Morgan fingerprint density at radius 3 is 2.36 bits per heavy atom. The summed E-state index contributed by atoms with van der Waals surface area (Å²) in [5, 5.41) is 35.1. The Labute approximate surface area is 353 Å². The number of amides is 2. The molecule has 2 amide bonds. The number of hydrogen-bond donors (Lipinski definition) is 6. The monoisotopic (exact) mass is 947 g/mol. The molecular weight excluding hydrogens is 899 g/mol. The highest BCUT2D eigenvalue weighted by Crippen LogP contribution is 2.56. The number of nitrogens with two attached hydrogens (primary N) is 1. The molecule has 0 aliphatic carbocycles. The second-order valence-corrected chi connectivity index (χ2v) is 19.6. The number of nitrogen functional groups attached to an aromatic ring is 1. The molecule has 61 heavy (non-hydrogen) atoms. The molecule has 0 aromatic carbocycles. The van der Waals surface area contributed by atoms with Crippen LogP contribution in [0.25, 0.3) is 11.2 Å². The fourth-order valence-electron chi connectivity index (χ4n) is 5.58. The van der Waals surface area contributed by atoms with Gasteiger partial charge in [-0.2, -0.15) is 0 Å². The average Bonchev–Trinajstić information content (AvgIpc) is 3.72. The van der Waals surface area contributed by atoms with E-state index in [2.05, 4.69) is 43.5 Å². The van der Waals surface area contributed by atoms with E-state index in [1.807, 2.05) is 13.8 Å². The molecule has 3 rings (SSSR count). The molecule has 2 aromatic rings. The molecule has 0 bridgehead atoms. The molecule has 7 N–H and O–H groups in total. The number of aliphatic hydroxyl groups excluding tert-OH is 2. The molecular formula is C31H48N7O19P3S-4. The maximum Gasteiger partial charge on any atom is 0.314 e. The van der Waals surface area contributed by atoms with E-state index in [4.69, 9.17) is 10.5 Å². The maximum atomic E-state index is 12.6. The molecule has 9 unspecified atom stereocenters. The number of carbonyl (C=O) groups excluding carboxylic acids is 3. The van der Waals surface area contributed by atoms with Gasteiger partial charge in [0.05, 0.1) is 27.4 Å². The topological polar surface area (TPSA) is 412 Å². The highest BCUT2D eigenvalue weighted by atomic mass is 32.2. The lowest BCUT2D eigenvalue weighted by Crippen LogP contribution is -2.46. The second-order valence-electron chi connectivity index (χ2n) is 14.5. The van der Waals surface area contributed by atoms with Crippen molar-refractivity contribution in [3.63, 3.8) is 0 Å². The third-order valence-electron chi connectivity index (χ3n) is 9.19. The molecule has 2 aromatic heterocycles. The first-order valence-corrected chi connectivity index (χ1v) is 23.9. The van der Waals surface area contributed by atoms with Crippen molar-refractivity contribution in [1.82, 2.24) is 30.2 Å². The van der Waals surface area contributed by atoms with Crippen LogP contribution in [0.1, 0.15) is 66.0 Å². The van der Waals surface area contributed by atoms with Gasteiger partial charge in [-0.1, -0.05) is 58.7 Å². The molecule has 0 saturated carbocycles. The number of carboxylic acid groups (broad SMARTS) is 1. The zero-order chi connectivity index (χ0) is 45.9. The first-order valence-electron chi connectivity index (χ1n) is 18.5. The van der Waals surface area contributed by atoms with E-state index in [0.717, 1.165) is 41.8 Å². The summed E-state index contributed by atoms with van der Waals surface area (Å²) in [7, 11) is -17.7. The molecule has 9 atom stereocenters. The third-order valence-corrected chi connectivity index (χ3v) is 13.2. The molecule has 3 heterocycles. The first-order chi connectivity index (χ1) is 28.3. The minimum Gasteiger partial charge on any atom is -0.790 e. The molecule has 1 saturated heterocycles. The van der Waals surface area contributed by atoms with Crippen molar-refractivity contribution in [3.05, 3.63) is 12.7 Å². The van der Waals surface area contributed by atoms with Crippen molar-refractivity contribution in [3.8, 4) is 0 Å². The van der Waals surface area contributed by atoms with Gasteiger partial charge >= 0.3 is 5.97 Å². The van der Waals surface area contributed by atoms with Crippen LogP contribution in [0.15, 0.2) is 12.7 Å². The number of carbonyl (C=O) groups is 4. The highest BCUT2D eigenvalue weighted by molar-refractivity contribution is 8.13.